The Morgan fingerprint density at radius 1 is 1.21 bits per heavy atom. The lowest BCUT2D eigenvalue weighted by atomic mass is 9.95. The van der Waals surface area contributed by atoms with Gasteiger partial charge in [-0.25, -0.2) is 4.39 Å². The SMILES string of the molecule is CCOc1cccc(-c2cc(F)ccc2C(C)N)c1. The molecule has 0 aliphatic carbocycles. The van der Waals surface area contributed by atoms with Gasteiger partial charge in [0.2, 0.25) is 0 Å². The van der Waals surface area contributed by atoms with E-state index in [9.17, 15) is 4.39 Å². The Bertz CT molecular complexity index is 566. The molecule has 0 aliphatic heterocycles. The first-order valence-corrected chi connectivity index (χ1v) is 6.40. The van der Waals surface area contributed by atoms with Crippen molar-refractivity contribution in [1.82, 2.24) is 0 Å². The highest BCUT2D eigenvalue weighted by Crippen LogP contribution is 2.30. The number of nitrogens with two attached hydrogens (primary N) is 1. The van der Waals surface area contributed by atoms with Gasteiger partial charge < -0.3 is 10.5 Å². The average molecular weight is 259 g/mol. The van der Waals surface area contributed by atoms with Crippen LogP contribution in [-0.2, 0) is 0 Å². The Morgan fingerprint density at radius 3 is 2.68 bits per heavy atom. The van der Waals surface area contributed by atoms with Crippen LogP contribution in [0.15, 0.2) is 42.5 Å². The van der Waals surface area contributed by atoms with E-state index >= 15 is 0 Å². The molecule has 2 aromatic carbocycles. The lowest BCUT2D eigenvalue weighted by molar-refractivity contribution is 0.340. The predicted octanol–water partition coefficient (Wildman–Crippen LogP) is 3.91. The van der Waals surface area contributed by atoms with Crippen LogP contribution in [0.3, 0.4) is 0 Å². The van der Waals surface area contributed by atoms with Crippen molar-refractivity contribution in [2.75, 3.05) is 6.61 Å². The molecule has 0 aliphatic rings. The molecule has 0 amide bonds. The highest BCUT2D eigenvalue weighted by molar-refractivity contribution is 5.69. The summed E-state index contributed by atoms with van der Waals surface area (Å²) in [7, 11) is 0. The van der Waals surface area contributed by atoms with Crippen molar-refractivity contribution in [2.45, 2.75) is 19.9 Å². The first-order valence-electron chi connectivity index (χ1n) is 6.40. The first-order chi connectivity index (χ1) is 9.11. The van der Waals surface area contributed by atoms with Crippen LogP contribution in [0.4, 0.5) is 4.39 Å². The van der Waals surface area contributed by atoms with E-state index < -0.39 is 0 Å². The van der Waals surface area contributed by atoms with Gasteiger partial charge in [-0.3, -0.25) is 0 Å². The summed E-state index contributed by atoms with van der Waals surface area (Å²) in [5.41, 5.74) is 8.60. The minimum atomic E-state index is -0.263. The fraction of sp³-hybridized carbons (Fsp3) is 0.250. The van der Waals surface area contributed by atoms with Crippen molar-refractivity contribution in [3.8, 4) is 16.9 Å². The second-order valence-electron chi connectivity index (χ2n) is 4.48. The van der Waals surface area contributed by atoms with E-state index in [4.69, 9.17) is 10.5 Å². The second-order valence-corrected chi connectivity index (χ2v) is 4.48. The van der Waals surface area contributed by atoms with E-state index in [1.54, 1.807) is 6.07 Å². The van der Waals surface area contributed by atoms with Gasteiger partial charge in [0.05, 0.1) is 6.61 Å². The zero-order valence-electron chi connectivity index (χ0n) is 11.2. The van der Waals surface area contributed by atoms with Gasteiger partial charge in [0, 0.05) is 6.04 Å². The lowest BCUT2D eigenvalue weighted by Gasteiger charge is -2.14. The molecule has 1 atom stereocenters. The van der Waals surface area contributed by atoms with E-state index in [1.807, 2.05) is 38.1 Å². The summed E-state index contributed by atoms with van der Waals surface area (Å²) in [6, 6.07) is 12.2. The van der Waals surface area contributed by atoms with Crippen molar-refractivity contribution < 1.29 is 9.13 Å². The molecule has 0 fully saturated rings. The summed E-state index contributed by atoms with van der Waals surface area (Å²) in [5.74, 6) is 0.515. The van der Waals surface area contributed by atoms with Crippen molar-refractivity contribution in [2.24, 2.45) is 5.73 Å². The minimum absolute atomic E-state index is 0.147. The Kier molecular flexibility index (Phi) is 4.17. The Balaban J connectivity index is 2.51. The van der Waals surface area contributed by atoms with Gasteiger partial charge in [0.1, 0.15) is 11.6 Å². The molecular formula is C16H18FNO. The van der Waals surface area contributed by atoms with Gasteiger partial charge in [0.15, 0.2) is 0 Å². The van der Waals surface area contributed by atoms with Crippen molar-refractivity contribution in [3.63, 3.8) is 0 Å². The van der Waals surface area contributed by atoms with E-state index in [1.165, 1.54) is 12.1 Å². The maximum atomic E-state index is 13.5. The fourth-order valence-corrected chi connectivity index (χ4v) is 2.10. The zero-order chi connectivity index (χ0) is 13.8. The third-order valence-electron chi connectivity index (χ3n) is 2.96. The van der Waals surface area contributed by atoms with Crippen LogP contribution in [0, 0.1) is 5.82 Å². The topological polar surface area (TPSA) is 35.2 Å². The van der Waals surface area contributed by atoms with Gasteiger partial charge in [-0.05, 0) is 54.8 Å². The predicted molar refractivity (Wildman–Crippen MR) is 75.6 cm³/mol. The number of rotatable bonds is 4. The van der Waals surface area contributed by atoms with Crippen LogP contribution in [0.5, 0.6) is 5.75 Å². The number of hydrogen-bond acceptors (Lipinski definition) is 2. The van der Waals surface area contributed by atoms with E-state index in [0.29, 0.717) is 6.61 Å². The van der Waals surface area contributed by atoms with Crippen LogP contribution in [0.25, 0.3) is 11.1 Å². The molecule has 0 saturated carbocycles. The van der Waals surface area contributed by atoms with Gasteiger partial charge in [0.25, 0.3) is 0 Å². The Labute approximate surface area is 113 Å². The third kappa shape index (κ3) is 3.12. The van der Waals surface area contributed by atoms with Crippen LogP contribution >= 0.6 is 0 Å². The molecule has 0 bridgehead atoms. The Hall–Kier alpha value is -1.87. The highest BCUT2D eigenvalue weighted by Gasteiger charge is 2.10. The smallest absolute Gasteiger partial charge is 0.123 e. The molecule has 19 heavy (non-hydrogen) atoms. The number of ether oxygens (including phenoxy) is 1. The summed E-state index contributed by atoms with van der Waals surface area (Å²) >= 11 is 0. The zero-order valence-corrected chi connectivity index (χ0v) is 11.2. The maximum absolute atomic E-state index is 13.5. The van der Waals surface area contributed by atoms with Crippen molar-refractivity contribution in [1.29, 1.82) is 0 Å². The second kappa shape index (κ2) is 5.85. The molecule has 2 rings (SSSR count). The molecule has 100 valence electrons. The van der Waals surface area contributed by atoms with Crippen LogP contribution in [0.1, 0.15) is 25.5 Å². The Morgan fingerprint density at radius 2 is 2.00 bits per heavy atom. The van der Waals surface area contributed by atoms with Crippen LogP contribution in [-0.4, -0.2) is 6.61 Å². The molecule has 0 heterocycles. The van der Waals surface area contributed by atoms with E-state index in [2.05, 4.69) is 0 Å². The van der Waals surface area contributed by atoms with Crippen LogP contribution in [0.2, 0.25) is 0 Å². The number of hydrogen-bond donors (Lipinski definition) is 1. The molecular weight excluding hydrogens is 241 g/mol. The maximum Gasteiger partial charge on any atom is 0.123 e. The van der Waals surface area contributed by atoms with Crippen molar-refractivity contribution >= 4 is 0 Å². The average Bonchev–Trinajstić information content (AvgIpc) is 2.39. The lowest BCUT2D eigenvalue weighted by Crippen LogP contribution is -2.07. The van der Waals surface area contributed by atoms with Crippen LogP contribution < -0.4 is 10.5 Å². The fourth-order valence-electron chi connectivity index (χ4n) is 2.10. The molecule has 2 nitrogen and oxygen atoms in total. The first kappa shape index (κ1) is 13.6. The van der Waals surface area contributed by atoms with Gasteiger partial charge in [-0.2, -0.15) is 0 Å². The summed E-state index contributed by atoms with van der Waals surface area (Å²) < 4.78 is 18.9. The van der Waals surface area contributed by atoms with Gasteiger partial charge in [-0.15, -0.1) is 0 Å². The third-order valence-corrected chi connectivity index (χ3v) is 2.96. The molecule has 1 unspecified atom stereocenters. The van der Waals surface area contributed by atoms with Crippen molar-refractivity contribution in [3.05, 3.63) is 53.8 Å². The minimum Gasteiger partial charge on any atom is -0.494 e. The molecule has 0 saturated heterocycles. The monoisotopic (exact) mass is 259 g/mol. The largest absolute Gasteiger partial charge is 0.494 e. The van der Waals surface area contributed by atoms with Gasteiger partial charge in [-0.1, -0.05) is 18.2 Å². The molecule has 0 aromatic heterocycles. The number of benzene rings is 2. The van der Waals surface area contributed by atoms with E-state index in [0.717, 1.165) is 22.4 Å². The molecule has 0 radical (unpaired) electrons. The van der Waals surface area contributed by atoms with E-state index in [-0.39, 0.29) is 11.9 Å². The standard InChI is InChI=1S/C16H18FNO/c1-3-19-14-6-4-5-12(9-14)16-10-13(17)7-8-15(16)11(2)18/h4-11H,3,18H2,1-2H3. The normalized spacial score (nSPS) is 12.2. The molecule has 3 heteroatoms. The summed E-state index contributed by atoms with van der Waals surface area (Å²) in [6.07, 6.45) is 0. The summed E-state index contributed by atoms with van der Waals surface area (Å²) in [6.45, 7) is 4.43. The highest BCUT2D eigenvalue weighted by atomic mass is 19.1. The molecule has 2 aromatic rings. The quantitative estimate of drug-likeness (QED) is 0.903. The van der Waals surface area contributed by atoms with Gasteiger partial charge >= 0.3 is 0 Å². The summed E-state index contributed by atoms with van der Waals surface area (Å²) in [5, 5.41) is 0. The molecule has 0 spiro atoms. The summed E-state index contributed by atoms with van der Waals surface area (Å²) in [4.78, 5) is 0. The molecule has 2 N–H and O–H groups in total. The number of halogens is 1.